The molecule has 1 amide bonds. The molecule has 0 saturated carbocycles. The van der Waals surface area contributed by atoms with Crippen molar-refractivity contribution in [2.75, 3.05) is 11.5 Å². The van der Waals surface area contributed by atoms with Crippen LogP contribution in [-0.4, -0.2) is 40.6 Å². The van der Waals surface area contributed by atoms with Crippen LogP contribution in [0.1, 0.15) is 33.6 Å². The van der Waals surface area contributed by atoms with Gasteiger partial charge in [-0.25, -0.2) is 0 Å². The fourth-order valence-electron chi connectivity index (χ4n) is 2.63. The minimum atomic E-state index is 0.0537. The quantitative estimate of drug-likeness (QED) is 0.817. The topological polar surface area (TPSA) is 32.3 Å². The normalized spacial score (nSPS) is 35.4. The molecule has 3 unspecified atom stereocenters. The third-order valence-electron chi connectivity index (χ3n) is 3.56. The van der Waals surface area contributed by atoms with Crippen LogP contribution >= 0.6 is 11.8 Å². The zero-order valence-electron chi connectivity index (χ0n) is 10.4. The van der Waals surface area contributed by atoms with Gasteiger partial charge in [-0.2, -0.15) is 11.8 Å². The van der Waals surface area contributed by atoms with Gasteiger partial charge < -0.3 is 4.90 Å². The molecule has 2 heterocycles. The average Bonchev–Trinajstić information content (AvgIpc) is 2.84. The minimum Gasteiger partial charge on any atom is -0.322 e. The molecule has 2 rings (SSSR count). The standard InChI is InChI=1S/C12H22N2OS/c1-4-10-12(15)14(9-5-6-16-7-9)11(13-10)8(2)3/h8-11,13H,4-7H2,1-3H3. The lowest BCUT2D eigenvalue weighted by atomic mass is 10.1. The molecule has 0 radical (unpaired) electrons. The highest BCUT2D eigenvalue weighted by Crippen LogP contribution is 2.29. The minimum absolute atomic E-state index is 0.0537. The lowest BCUT2D eigenvalue weighted by molar-refractivity contribution is -0.132. The van der Waals surface area contributed by atoms with E-state index in [0.717, 1.165) is 18.6 Å². The summed E-state index contributed by atoms with van der Waals surface area (Å²) in [5, 5.41) is 3.48. The summed E-state index contributed by atoms with van der Waals surface area (Å²) in [5.41, 5.74) is 0. The summed E-state index contributed by atoms with van der Waals surface area (Å²) < 4.78 is 0. The van der Waals surface area contributed by atoms with E-state index in [4.69, 9.17) is 0 Å². The molecule has 2 saturated heterocycles. The number of nitrogens with one attached hydrogen (secondary N) is 1. The second-order valence-electron chi connectivity index (χ2n) is 5.08. The Morgan fingerprint density at radius 2 is 2.31 bits per heavy atom. The van der Waals surface area contributed by atoms with Gasteiger partial charge in [0, 0.05) is 11.8 Å². The van der Waals surface area contributed by atoms with Crippen molar-refractivity contribution < 1.29 is 4.79 Å². The number of carbonyl (C=O) groups is 1. The molecule has 92 valence electrons. The van der Waals surface area contributed by atoms with Crippen molar-refractivity contribution in [3.63, 3.8) is 0 Å². The van der Waals surface area contributed by atoms with E-state index < -0.39 is 0 Å². The van der Waals surface area contributed by atoms with Crippen molar-refractivity contribution in [3.05, 3.63) is 0 Å². The Morgan fingerprint density at radius 1 is 1.56 bits per heavy atom. The number of hydrogen-bond acceptors (Lipinski definition) is 3. The summed E-state index contributed by atoms with van der Waals surface area (Å²) in [6.07, 6.45) is 2.32. The van der Waals surface area contributed by atoms with Crippen molar-refractivity contribution in [3.8, 4) is 0 Å². The van der Waals surface area contributed by atoms with Crippen molar-refractivity contribution in [2.24, 2.45) is 5.92 Å². The molecule has 0 aromatic carbocycles. The van der Waals surface area contributed by atoms with Gasteiger partial charge in [0.05, 0.1) is 12.2 Å². The third-order valence-corrected chi connectivity index (χ3v) is 4.71. The van der Waals surface area contributed by atoms with Crippen LogP contribution in [0.2, 0.25) is 0 Å². The van der Waals surface area contributed by atoms with Crippen LogP contribution in [0.15, 0.2) is 0 Å². The zero-order chi connectivity index (χ0) is 11.7. The molecule has 2 aliphatic rings. The van der Waals surface area contributed by atoms with E-state index in [1.807, 2.05) is 11.8 Å². The van der Waals surface area contributed by atoms with E-state index in [-0.39, 0.29) is 12.2 Å². The summed E-state index contributed by atoms with van der Waals surface area (Å²) in [6.45, 7) is 6.47. The van der Waals surface area contributed by atoms with Crippen LogP contribution in [0.3, 0.4) is 0 Å². The summed E-state index contributed by atoms with van der Waals surface area (Å²) in [4.78, 5) is 14.4. The highest BCUT2D eigenvalue weighted by Gasteiger charge is 2.43. The van der Waals surface area contributed by atoms with Crippen molar-refractivity contribution in [1.29, 1.82) is 0 Å². The second-order valence-corrected chi connectivity index (χ2v) is 6.23. The first-order valence-electron chi connectivity index (χ1n) is 6.31. The maximum Gasteiger partial charge on any atom is 0.241 e. The lowest BCUT2D eigenvalue weighted by Gasteiger charge is -2.32. The molecule has 16 heavy (non-hydrogen) atoms. The van der Waals surface area contributed by atoms with Gasteiger partial charge in [-0.1, -0.05) is 20.8 Å². The fourth-order valence-corrected chi connectivity index (χ4v) is 3.83. The monoisotopic (exact) mass is 242 g/mol. The number of rotatable bonds is 3. The average molecular weight is 242 g/mol. The molecule has 1 N–H and O–H groups in total. The summed E-state index contributed by atoms with van der Waals surface area (Å²) in [5.74, 6) is 3.14. The van der Waals surface area contributed by atoms with E-state index in [1.54, 1.807) is 0 Å². The number of thioether (sulfide) groups is 1. The third kappa shape index (κ3) is 2.09. The van der Waals surface area contributed by atoms with Gasteiger partial charge in [0.2, 0.25) is 5.91 Å². The van der Waals surface area contributed by atoms with Crippen LogP contribution in [-0.2, 0) is 4.79 Å². The van der Waals surface area contributed by atoms with Gasteiger partial charge >= 0.3 is 0 Å². The molecule has 2 aliphatic heterocycles. The van der Waals surface area contributed by atoms with Gasteiger partial charge in [-0.15, -0.1) is 0 Å². The first-order valence-corrected chi connectivity index (χ1v) is 7.46. The molecule has 3 atom stereocenters. The first kappa shape index (κ1) is 12.2. The molecule has 0 aromatic rings. The highest BCUT2D eigenvalue weighted by molar-refractivity contribution is 7.99. The molecule has 0 bridgehead atoms. The van der Waals surface area contributed by atoms with Crippen LogP contribution in [0.4, 0.5) is 0 Å². The smallest absolute Gasteiger partial charge is 0.241 e. The molecule has 3 nitrogen and oxygen atoms in total. The SMILES string of the molecule is CCC1NC(C(C)C)N(C2CCSC2)C1=O. The summed E-state index contributed by atoms with van der Waals surface area (Å²) in [6, 6.07) is 0.520. The van der Waals surface area contributed by atoms with E-state index in [1.165, 1.54) is 5.75 Å². The Kier molecular flexibility index (Phi) is 3.80. The number of amides is 1. The number of carbonyl (C=O) groups excluding carboxylic acids is 1. The van der Waals surface area contributed by atoms with Gasteiger partial charge in [-0.05, 0) is 24.5 Å². The molecular formula is C12H22N2OS. The van der Waals surface area contributed by atoms with Crippen molar-refractivity contribution >= 4 is 17.7 Å². The Morgan fingerprint density at radius 3 is 2.81 bits per heavy atom. The second kappa shape index (κ2) is 4.96. The summed E-state index contributed by atoms with van der Waals surface area (Å²) in [7, 11) is 0. The number of nitrogens with zero attached hydrogens (tertiary/aromatic N) is 1. The van der Waals surface area contributed by atoms with Crippen LogP contribution in [0, 0.1) is 5.92 Å². The van der Waals surface area contributed by atoms with Crippen LogP contribution in [0.5, 0.6) is 0 Å². The Hall–Kier alpha value is -0.220. The van der Waals surface area contributed by atoms with Crippen LogP contribution < -0.4 is 5.32 Å². The Balaban J connectivity index is 2.14. The van der Waals surface area contributed by atoms with E-state index in [2.05, 4.69) is 31.0 Å². The van der Waals surface area contributed by atoms with Gasteiger partial charge in [-0.3, -0.25) is 10.1 Å². The molecule has 0 aromatic heterocycles. The molecular weight excluding hydrogens is 220 g/mol. The Bertz CT molecular complexity index is 264. The molecule has 2 fully saturated rings. The fraction of sp³-hybridized carbons (Fsp3) is 0.917. The molecule has 0 spiro atoms. The van der Waals surface area contributed by atoms with Gasteiger partial charge in [0.25, 0.3) is 0 Å². The van der Waals surface area contributed by atoms with Gasteiger partial charge in [0.1, 0.15) is 0 Å². The highest BCUT2D eigenvalue weighted by atomic mass is 32.2. The zero-order valence-corrected chi connectivity index (χ0v) is 11.2. The predicted octanol–water partition coefficient (Wildman–Crippen LogP) is 1.68. The largest absolute Gasteiger partial charge is 0.322 e. The van der Waals surface area contributed by atoms with E-state index >= 15 is 0 Å². The predicted molar refractivity (Wildman–Crippen MR) is 68.4 cm³/mol. The first-order chi connectivity index (χ1) is 7.65. The van der Waals surface area contributed by atoms with Crippen molar-refractivity contribution in [1.82, 2.24) is 10.2 Å². The number of hydrogen-bond donors (Lipinski definition) is 1. The molecule has 4 heteroatoms. The summed E-state index contributed by atoms with van der Waals surface area (Å²) >= 11 is 1.97. The maximum absolute atomic E-state index is 12.3. The Labute approximate surface area is 102 Å². The maximum atomic E-state index is 12.3. The van der Waals surface area contributed by atoms with Crippen molar-refractivity contribution in [2.45, 2.75) is 51.9 Å². The van der Waals surface area contributed by atoms with E-state index in [0.29, 0.717) is 17.9 Å². The van der Waals surface area contributed by atoms with Gasteiger partial charge in [0.15, 0.2) is 0 Å². The van der Waals surface area contributed by atoms with E-state index in [9.17, 15) is 4.79 Å². The molecule has 0 aliphatic carbocycles. The lowest BCUT2D eigenvalue weighted by Crippen LogP contribution is -2.47. The van der Waals surface area contributed by atoms with Crippen LogP contribution in [0.25, 0.3) is 0 Å².